The van der Waals surface area contributed by atoms with Crippen LogP contribution in [0.15, 0.2) is 22.1 Å². The van der Waals surface area contributed by atoms with Gasteiger partial charge in [-0.05, 0) is 30.9 Å². The minimum Gasteiger partial charge on any atom is -0.503 e. The number of aromatic hydroxyl groups is 1. The van der Waals surface area contributed by atoms with Crippen molar-refractivity contribution in [3.8, 4) is 11.5 Å². The molecule has 1 aromatic carbocycles. The highest BCUT2D eigenvalue weighted by Gasteiger charge is 2.13. The predicted octanol–water partition coefficient (Wildman–Crippen LogP) is 2.76. The molecule has 2 rings (SSSR count). The van der Waals surface area contributed by atoms with Gasteiger partial charge >= 0.3 is 0 Å². The molecule has 0 fully saturated rings. The van der Waals surface area contributed by atoms with Gasteiger partial charge in [-0.3, -0.25) is 4.79 Å². The van der Waals surface area contributed by atoms with Crippen LogP contribution in [0.25, 0.3) is 0 Å². The summed E-state index contributed by atoms with van der Waals surface area (Å²) in [5.41, 5.74) is 1.83. The first-order valence-electron chi connectivity index (χ1n) is 6.15. The van der Waals surface area contributed by atoms with Crippen LogP contribution in [0.1, 0.15) is 16.8 Å². The maximum absolute atomic E-state index is 12.1. The number of hydrogen-bond acceptors (Lipinski definition) is 5. The van der Waals surface area contributed by atoms with Crippen molar-refractivity contribution in [2.24, 2.45) is 0 Å². The first kappa shape index (κ1) is 15.7. The summed E-state index contributed by atoms with van der Waals surface area (Å²) in [6.07, 6.45) is 2.21. The number of aromatic nitrogens is 2. The number of aryl methyl sites for hydroxylation is 1. The highest BCUT2D eigenvalue weighted by Crippen LogP contribution is 2.35. The molecular weight excluding hydrogens is 312 g/mol. The molecule has 2 N–H and O–H groups in total. The number of thioether (sulfide) groups is 1. The summed E-state index contributed by atoms with van der Waals surface area (Å²) < 4.78 is 5.06. The van der Waals surface area contributed by atoms with E-state index in [-0.39, 0.29) is 22.1 Å². The van der Waals surface area contributed by atoms with Crippen LogP contribution in [-0.2, 0) is 6.42 Å². The van der Waals surface area contributed by atoms with E-state index in [4.69, 9.17) is 16.3 Å². The summed E-state index contributed by atoms with van der Waals surface area (Å²) in [6, 6.07) is 3.27. The Hall–Kier alpha value is -1.66. The molecule has 0 saturated carbocycles. The zero-order valence-electron chi connectivity index (χ0n) is 11.9. The maximum Gasteiger partial charge on any atom is 0.255 e. The first-order chi connectivity index (χ1) is 9.96. The Morgan fingerprint density at radius 2 is 2.19 bits per heavy atom. The fourth-order valence-corrected chi connectivity index (χ4v) is 2.63. The smallest absolute Gasteiger partial charge is 0.255 e. The van der Waals surface area contributed by atoms with Crippen LogP contribution in [0.3, 0.4) is 0 Å². The van der Waals surface area contributed by atoms with Crippen LogP contribution >= 0.6 is 23.4 Å². The van der Waals surface area contributed by atoms with Crippen molar-refractivity contribution in [1.29, 1.82) is 0 Å². The van der Waals surface area contributed by atoms with Gasteiger partial charge in [0.15, 0.2) is 16.7 Å². The van der Waals surface area contributed by atoms with Crippen molar-refractivity contribution >= 4 is 23.4 Å². The molecular formula is C14H15ClN2O3S. The van der Waals surface area contributed by atoms with E-state index in [1.165, 1.54) is 18.9 Å². The normalized spacial score (nSPS) is 10.7. The minimum absolute atomic E-state index is 0.107. The molecule has 0 aliphatic carbocycles. The lowest BCUT2D eigenvalue weighted by Gasteiger charge is -2.10. The van der Waals surface area contributed by atoms with E-state index < -0.39 is 0 Å². The second-order valence-electron chi connectivity index (χ2n) is 4.44. The van der Waals surface area contributed by atoms with Crippen LogP contribution in [0.4, 0.5) is 0 Å². The molecule has 0 radical (unpaired) electrons. The summed E-state index contributed by atoms with van der Waals surface area (Å²) in [5.74, 6) is 0.171. The third kappa shape index (κ3) is 3.33. The largest absolute Gasteiger partial charge is 0.503 e. The lowest BCUT2D eigenvalue weighted by atomic mass is 10.0. The van der Waals surface area contributed by atoms with Gasteiger partial charge in [-0.1, -0.05) is 23.4 Å². The van der Waals surface area contributed by atoms with E-state index in [1.54, 1.807) is 19.1 Å². The number of halogens is 1. The number of ether oxygens (including phenoxy) is 1. The average Bonchev–Trinajstić information content (AvgIpc) is 2.45. The SMILES string of the molecule is COc1cc(Cc2c(C)nc(SC)[nH]c2=O)cc(Cl)c1O. The number of hydrogen-bond donors (Lipinski definition) is 2. The lowest BCUT2D eigenvalue weighted by Crippen LogP contribution is -2.17. The van der Waals surface area contributed by atoms with Crippen LogP contribution < -0.4 is 10.3 Å². The van der Waals surface area contributed by atoms with Crippen molar-refractivity contribution < 1.29 is 9.84 Å². The molecule has 0 aliphatic heterocycles. The van der Waals surface area contributed by atoms with Gasteiger partial charge < -0.3 is 14.8 Å². The van der Waals surface area contributed by atoms with Gasteiger partial charge in [-0.15, -0.1) is 0 Å². The highest BCUT2D eigenvalue weighted by molar-refractivity contribution is 7.98. The van der Waals surface area contributed by atoms with Gasteiger partial charge in [-0.25, -0.2) is 4.98 Å². The molecule has 112 valence electrons. The Bertz CT molecular complexity index is 731. The first-order valence-corrected chi connectivity index (χ1v) is 7.75. The fraction of sp³-hybridized carbons (Fsp3) is 0.286. The van der Waals surface area contributed by atoms with Crippen molar-refractivity contribution in [2.75, 3.05) is 13.4 Å². The molecule has 0 bridgehead atoms. The Labute approximate surface area is 131 Å². The topological polar surface area (TPSA) is 75.2 Å². The highest BCUT2D eigenvalue weighted by atomic mass is 35.5. The molecule has 21 heavy (non-hydrogen) atoms. The van der Waals surface area contributed by atoms with Gasteiger partial charge in [0.1, 0.15) is 0 Å². The number of aromatic amines is 1. The predicted molar refractivity (Wildman–Crippen MR) is 83.9 cm³/mol. The molecule has 0 atom stereocenters. The molecule has 0 saturated heterocycles. The second-order valence-corrected chi connectivity index (χ2v) is 5.65. The Morgan fingerprint density at radius 3 is 2.76 bits per heavy atom. The number of phenolic OH excluding ortho intramolecular Hbond substituents is 1. The third-order valence-electron chi connectivity index (χ3n) is 3.08. The Morgan fingerprint density at radius 1 is 1.48 bits per heavy atom. The summed E-state index contributed by atoms with van der Waals surface area (Å²) >= 11 is 7.34. The standard InChI is InChI=1S/C14H15ClN2O3S/c1-7-9(13(19)17-14(16-7)21-3)4-8-5-10(15)12(18)11(6-8)20-2/h5-6,18H,4H2,1-3H3,(H,16,17,19). The average molecular weight is 327 g/mol. The van der Waals surface area contributed by atoms with E-state index in [2.05, 4.69) is 9.97 Å². The van der Waals surface area contributed by atoms with E-state index in [0.29, 0.717) is 22.8 Å². The zero-order chi connectivity index (χ0) is 15.6. The molecule has 0 spiro atoms. The second kappa shape index (κ2) is 6.41. The molecule has 1 aromatic heterocycles. The summed E-state index contributed by atoms with van der Waals surface area (Å²) in [5, 5.41) is 10.5. The van der Waals surface area contributed by atoms with Crippen LogP contribution in [-0.4, -0.2) is 28.4 Å². The third-order valence-corrected chi connectivity index (χ3v) is 3.95. The maximum atomic E-state index is 12.1. The monoisotopic (exact) mass is 326 g/mol. The Kier molecular flexibility index (Phi) is 4.80. The van der Waals surface area contributed by atoms with Gasteiger partial charge in [-0.2, -0.15) is 0 Å². The van der Waals surface area contributed by atoms with Crippen molar-refractivity contribution in [1.82, 2.24) is 9.97 Å². The molecule has 0 aliphatic rings. The van der Waals surface area contributed by atoms with Crippen molar-refractivity contribution in [2.45, 2.75) is 18.5 Å². The van der Waals surface area contributed by atoms with Crippen LogP contribution in [0, 0.1) is 6.92 Å². The molecule has 5 nitrogen and oxygen atoms in total. The van der Waals surface area contributed by atoms with E-state index in [0.717, 1.165) is 5.56 Å². The van der Waals surface area contributed by atoms with E-state index in [1.807, 2.05) is 6.26 Å². The number of rotatable bonds is 4. The number of benzene rings is 1. The molecule has 2 aromatic rings. The van der Waals surface area contributed by atoms with Crippen molar-refractivity contribution in [3.05, 3.63) is 44.3 Å². The van der Waals surface area contributed by atoms with Crippen LogP contribution in [0.2, 0.25) is 5.02 Å². The summed E-state index contributed by atoms with van der Waals surface area (Å²) in [7, 11) is 1.45. The number of nitrogens with zero attached hydrogens (tertiary/aromatic N) is 1. The number of H-pyrrole nitrogens is 1. The number of phenols is 1. The van der Waals surface area contributed by atoms with E-state index >= 15 is 0 Å². The number of methoxy groups -OCH3 is 1. The van der Waals surface area contributed by atoms with Gasteiger partial charge in [0.25, 0.3) is 5.56 Å². The van der Waals surface area contributed by atoms with Gasteiger partial charge in [0.2, 0.25) is 0 Å². The fourth-order valence-electron chi connectivity index (χ4n) is 1.98. The van der Waals surface area contributed by atoms with Crippen LogP contribution in [0.5, 0.6) is 11.5 Å². The van der Waals surface area contributed by atoms with Gasteiger partial charge in [0.05, 0.1) is 12.1 Å². The number of nitrogens with one attached hydrogen (secondary N) is 1. The van der Waals surface area contributed by atoms with Gasteiger partial charge in [0, 0.05) is 17.7 Å². The molecule has 0 amide bonds. The summed E-state index contributed by atoms with van der Waals surface area (Å²) in [4.78, 5) is 19.2. The zero-order valence-corrected chi connectivity index (χ0v) is 13.4. The van der Waals surface area contributed by atoms with E-state index in [9.17, 15) is 9.90 Å². The van der Waals surface area contributed by atoms with Crippen molar-refractivity contribution in [3.63, 3.8) is 0 Å². The summed E-state index contributed by atoms with van der Waals surface area (Å²) in [6.45, 7) is 1.80. The minimum atomic E-state index is -0.171. The molecule has 7 heteroatoms. The molecule has 1 heterocycles. The molecule has 0 unspecified atom stereocenters. The lowest BCUT2D eigenvalue weighted by molar-refractivity contribution is 0.373. The Balaban J connectivity index is 2.43. The quantitative estimate of drug-likeness (QED) is 0.667.